The van der Waals surface area contributed by atoms with Crippen molar-refractivity contribution in [1.82, 2.24) is 4.90 Å². The number of hydrogen-bond acceptors (Lipinski definition) is 7. The summed E-state index contributed by atoms with van der Waals surface area (Å²) in [5.41, 5.74) is 0.795. The van der Waals surface area contributed by atoms with E-state index in [-0.39, 0.29) is 24.8 Å². The molecule has 1 amide bonds. The van der Waals surface area contributed by atoms with Gasteiger partial charge in [-0.2, -0.15) is 0 Å². The van der Waals surface area contributed by atoms with E-state index in [1.54, 1.807) is 39.4 Å². The molecule has 0 spiro atoms. The molecular formula is C17H19NO5S2. The van der Waals surface area contributed by atoms with Gasteiger partial charge in [0.15, 0.2) is 11.5 Å². The molecule has 1 aliphatic rings. The van der Waals surface area contributed by atoms with Gasteiger partial charge in [0.1, 0.15) is 4.32 Å². The quantitative estimate of drug-likeness (QED) is 0.409. The molecule has 0 unspecified atom stereocenters. The number of carbonyl (C=O) groups excluding carboxylic acids is 2. The second kappa shape index (κ2) is 8.87. The number of esters is 1. The minimum atomic E-state index is -0.347. The molecule has 1 fully saturated rings. The molecular weight excluding hydrogens is 362 g/mol. The number of methoxy groups -OCH3 is 2. The van der Waals surface area contributed by atoms with Gasteiger partial charge >= 0.3 is 5.97 Å². The van der Waals surface area contributed by atoms with Gasteiger partial charge in [0.2, 0.25) is 0 Å². The van der Waals surface area contributed by atoms with Gasteiger partial charge in [0.05, 0.1) is 32.2 Å². The number of amides is 1. The fraction of sp³-hybridized carbons (Fsp3) is 0.353. The van der Waals surface area contributed by atoms with Crippen molar-refractivity contribution in [2.45, 2.75) is 13.3 Å². The number of carbonyl (C=O) groups is 2. The van der Waals surface area contributed by atoms with Crippen molar-refractivity contribution in [3.63, 3.8) is 0 Å². The first-order valence-electron chi connectivity index (χ1n) is 7.63. The van der Waals surface area contributed by atoms with Gasteiger partial charge in [0.25, 0.3) is 5.91 Å². The predicted octanol–water partition coefficient (Wildman–Crippen LogP) is 2.86. The molecule has 1 aromatic rings. The third-order valence-electron chi connectivity index (χ3n) is 3.42. The molecule has 0 aromatic heterocycles. The Balaban J connectivity index is 2.13. The molecule has 25 heavy (non-hydrogen) atoms. The zero-order chi connectivity index (χ0) is 18.4. The molecule has 1 saturated heterocycles. The van der Waals surface area contributed by atoms with E-state index in [2.05, 4.69) is 0 Å². The summed E-state index contributed by atoms with van der Waals surface area (Å²) in [5, 5.41) is 0. The van der Waals surface area contributed by atoms with Crippen molar-refractivity contribution < 1.29 is 23.8 Å². The van der Waals surface area contributed by atoms with E-state index in [0.29, 0.717) is 27.3 Å². The van der Waals surface area contributed by atoms with Crippen LogP contribution < -0.4 is 9.47 Å². The highest BCUT2D eigenvalue weighted by Gasteiger charge is 2.32. The van der Waals surface area contributed by atoms with Crippen LogP contribution in [0.15, 0.2) is 23.1 Å². The normalized spacial score (nSPS) is 15.6. The monoisotopic (exact) mass is 381 g/mol. The Hall–Kier alpha value is -2.06. The van der Waals surface area contributed by atoms with E-state index >= 15 is 0 Å². The van der Waals surface area contributed by atoms with Crippen LogP contribution in [0.3, 0.4) is 0 Å². The summed E-state index contributed by atoms with van der Waals surface area (Å²) < 4.78 is 15.8. The van der Waals surface area contributed by atoms with Gasteiger partial charge in [-0.15, -0.1) is 0 Å². The van der Waals surface area contributed by atoms with Crippen LogP contribution in [0.25, 0.3) is 6.08 Å². The zero-order valence-corrected chi connectivity index (χ0v) is 15.9. The van der Waals surface area contributed by atoms with E-state index in [1.165, 1.54) is 16.7 Å². The lowest BCUT2D eigenvalue weighted by Gasteiger charge is -2.13. The van der Waals surface area contributed by atoms with Crippen LogP contribution >= 0.6 is 24.0 Å². The Morgan fingerprint density at radius 3 is 2.64 bits per heavy atom. The molecule has 0 atom stereocenters. The van der Waals surface area contributed by atoms with Gasteiger partial charge < -0.3 is 14.2 Å². The molecule has 1 aliphatic heterocycles. The highest BCUT2D eigenvalue weighted by atomic mass is 32.2. The first kappa shape index (κ1) is 19.3. The lowest BCUT2D eigenvalue weighted by Crippen LogP contribution is -2.30. The lowest BCUT2D eigenvalue weighted by atomic mass is 10.2. The second-order valence-corrected chi connectivity index (χ2v) is 6.68. The summed E-state index contributed by atoms with van der Waals surface area (Å²) in [6.45, 7) is 2.27. The molecule has 1 aromatic carbocycles. The zero-order valence-electron chi connectivity index (χ0n) is 14.2. The van der Waals surface area contributed by atoms with Gasteiger partial charge in [-0.05, 0) is 30.7 Å². The number of benzene rings is 1. The van der Waals surface area contributed by atoms with Gasteiger partial charge in [0, 0.05) is 6.54 Å². The van der Waals surface area contributed by atoms with Crippen LogP contribution in [0.5, 0.6) is 11.5 Å². The van der Waals surface area contributed by atoms with Crippen molar-refractivity contribution in [2.24, 2.45) is 0 Å². The van der Waals surface area contributed by atoms with E-state index in [0.717, 1.165) is 5.56 Å². The number of rotatable bonds is 7. The molecule has 0 N–H and O–H groups in total. The molecule has 134 valence electrons. The molecule has 0 saturated carbocycles. The molecule has 1 heterocycles. The summed E-state index contributed by atoms with van der Waals surface area (Å²) in [6, 6.07) is 5.38. The van der Waals surface area contributed by atoms with Crippen LogP contribution in [0.4, 0.5) is 0 Å². The van der Waals surface area contributed by atoms with Crippen LogP contribution in [0.1, 0.15) is 18.9 Å². The second-order valence-electron chi connectivity index (χ2n) is 5.00. The van der Waals surface area contributed by atoms with Crippen molar-refractivity contribution >= 4 is 46.3 Å². The minimum absolute atomic E-state index is 0.115. The summed E-state index contributed by atoms with van der Waals surface area (Å²) in [6.07, 6.45) is 1.86. The summed E-state index contributed by atoms with van der Waals surface area (Å²) in [5.74, 6) is 0.630. The Morgan fingerprint density at radius 1 is 1.28 bits per heavy atom. The minimum Gasteiger partial charge on any atom is -0.493 e. The highest BCUT2D eigenvalue weighted by Crippen LogP contribution is 2.34. The standard InChI is InChI=1S/C17H19NO5S2/c1-4-23-15(19)7-8-18-16(20)14(25-17(18)24)10-11-5-6-12(21-2)13(9-11)22-3/h5-6,9-10H,4,7-8H2,1-3H3/b14-10-. The van der Waals surface area contributed by atoms with E-state index in [1.807, 2.05) is 6.07 Å². The maximum absolute atomic E-state index is 12.5. The topological polar surface area (TPSA) is 65.1 Å². The number of hydrogen-bond donors (Lipinski definition) is 0. The fourth-order valence-electron chi connectivity index (χ4n) is 2.22. The van der Waals surface area contributed by atoms with Crippen LogP contribution in [-0.2, 0) is 14.3 Å². The summed E-state index contributed by atoms with van der Waals surface area (Å²) in [7, 11) is 3.11. The van der Waals surface area contributed by atoms with E-state index < -0.39 is 0 Å². The molecule has 8 heteroatoms. The fourth-order valence-corrected chi connectivity index (χ4v) is 3.53. The van der Waals surface area contributed by atoms with Crippen LogP contribution in [0, 0.1) is 0 Å². The van der Waals surface area contributed by atoms with E-state index in [9.17, 15) is 9.59 Å². The maximum Gasteiger partial charge on any atom is 0.307 e. The first-order chi connectivity index (χ1) is 12.0. The molecule has 2 rings (SSSR count). The van der Waals surface area contributed by atoms with Crippen molar-refractivity contribution in [2.75, 3.05) is 27.4 Å². The average molecular weight is 381 g/mol. The smallest absolute Gasteiger partial charge is 0.307 e. The molecule has 6 nitrogen and oxygen atoms in total. The highest BCUT2D eigenvalue weighted by molar-refractivity contribution is 8.26. The Kier molecular flexibility index (Phi) is 6.83. The SMILES string of the molecule is CCOC(=O)CCN1C(=O)/C(=C/c2ccc(OC)c(OC)c2)SC1=S. The van der Waals surface area contributed by atoms with Crippen LogP contribution in [0.2, 0.25) is 0 Å². The molecule has 0 bridgehead atoms. The third kappa shape index (κ3) is 4.73. The Labute approximate surface area is 156 Å². The number of ether oxygens (including phenoxy) is 3. The van der Waals surface area contributed by atoms with Crippen molar-refractivity contribution in [1.29, 1.82) is 0 Å². The number of nitrogens with zero attached hydrogens (tertiary/aromatic N) is 1. The Morgan fingerprint density at radius 2 is 2.00 bits per heavy atom. The summed E-state index contributed by atoms with van der Waals surface area (Å²) >= 11 is 6.46. The van der Waals surface area contributed by atoms with E-state index in [4.69, 9.17) is 26.4 Å². The Bertz CT molecular complexity index is 717. The van der Waals surface area contributed by atoms with Crippen LogP contribution in [-0.4, -0.2) is 48.5 Å². The maximum atomic E-state index is 12.5. The predicted molar refractivity (Wildman–Crippen MR) is 101 cm³/mol. The average Bonchev–Trinajstić information content (AvgIpc) is 2.86. The lowest BCUT2D eigenvalue weighted by molar-refractivity contribution is -0.143. The van der Waals surface area contributed by atoms with Crippen molar-refractivity contribution in [3.05, 3.63) is 28.7 Å². The summed E-state index contributed by atoms with van der Waals surface area (Å²) in [4.78, 5) is 25.9. The first-order valence-corrected chi connectivity index (χ1v) is 8.85. The molecule has 0 radical (unpaired) electrons. The van der Waals surface area contributed by atoms with Crippen molar-refractivity contribution in [3.8, 4) is 11.5 Å². The van der Waals surface area contributed by atoms with Gasteiger partial charge in [-0.1, -0.05) is 30.0 Å². The van der Waals surface area contributed by atoms with Gasteiger partial charge in [-0.25, -0.2) is 0 Å². The molecule has 0 aliphatic carbocycles. The third-order valence-corrected chi connectivity index (χ3v) is 4.80. The number of thiocarbonyl (C=S) groups is 1. The number of thioether (sulfide) groups is 1. The van der Waals surface area contributed by atoms with Gasteiger partial charge in [-0.3, -0.25) is 14.5 Å². The largest absolute Gasteiger partial charge is 0.493 e.